The van der Waals surface area contributed by atoms with E-state index in [1.165, 1.54) is 0 Å². The number of thiazole rings is 1. The van der Waals surface area contributed by atoms with Crippen LogP contribution in [0.15, 0.2) is 5.38 Å². The molecule has 0 aliphatic carbocycles. The minimum absolute atomic E-state index is 0.130. The van der Waals surface area contributed by atoms with Crippen LogP contribution in [0.25, 0.3) is 0 Å². The molecule has 3 N–H and O–H groups in total. The third-order valence-corrected chi connectivity index (χ3v) is 3.77. The molecule has 92 valence electrons. The van der Waals surface area contributed by atoms with Gasteiger partial charge in [0.15, 0.2) is 0 Å². The molecule has 0 saturated carbocycles. The lowest BCUT2D eigenvalue weighted by Gasteiger charge is -2.13. The molecule has 0 spiro atoms. The van der Waals surface area contributed by atoms with E-state index in [0.717, 1.165) is 22.2 Å². The highest BCUT2D eigenvalue weighted by molar-refractivity contribution is 7.09. The fourth-order valence-electron chi connectivity index (χ4n) is 1.68. The summed E-state index contributed by atoms with van der Waals surface area (Å²) in [6, 6.07) is 0.130. The second-order valence-electron chi connectivity index (χ2n) is 4.16. The smallest absolute Gasteiger partial charge is 0.148 e. The van der Waals surface area contributed by atoms with Crippen LogP contribution in [0.3, 0.4) is 0 Å². The Kier molecular flexibility index (Phi) is 3.06. The number of nitrogens with two attached hydrogens (primary N) is 1. The lowest BCUT2D eigenvalue weighted by molar-refractivity contribution is 0.741. The first-order valence-corrected chi connectivity index (χ1v) is 6.34. The Balaban J connectivity index is 2.21. The summed E-state index contributed by atoms with van der Waals surface area (Å²) in [5, 5.41) is 10.7. The molecule has 0 bridgehead atoms. The number of nitrogens with one attached hydrogen (secondary N) is 1. The van der Waals surface area contributed by atoms with Gasteiger partial charge in [0.25, 0.3) is 0 Å². The Labute approximate surface area is 105 Å². The standard InChI is InChI=1S/C11H17N5S/c1-6-5-17-11(13-6)8(3)14-10-9(12)7(2)15-16(10)4/h5,8,14H,12H2,1-4H3. The summed E-state index contributed by atoms with van der Waals surface area (Å²) in [4.78, 5) is 4.46. The van der Waals surface area contributed by atoms with E-state index in [-0.39, 0.29) is 6.04 Å². The molecule has 1 unspecified atom stereocenters. The highest BCUT2D eigenvalue weighted by Crippen LogP contribution is 2.27. The monoisotopic (exact) mass is 251 g/mol. The fraction of sp³-hybridized carbons (Fsp3) is 0.455. The highest BCUT2D eigenvalue weighted by Gasteiger charge is 2.15. The normalized spacial score (nSPS) is 12.7. The number of aryl methyl sites for hydroxylation is 3. The van der Waals surface area contributed by atoms with Gasteiger partial charge in [-0.15, -0.1) is 11.3 Å². The zero-order chi connectivity index (χ0) is 12.6. The fourth-order valence-corrected chi connectivity index (χ4v) is 2.49. The molecule has 2 rings (SSSR count). The van der Waals surface area contributed by atoms with Gasteiger partial charge in [-0.1, -0.05) is 0 Å². The van der Waals surface area contributed by atoms with Gasteiger partial charge in [0, 0.05) is 18.1 Å². The van der Waals surface area contributed by atoms with Gasteiger partial charge in [0.05, 0.1) is 17.4 Å². The van der Waals surface area contributed by atoms with E-state index < -0.39 is 0 Å². The van der Waals surface area contributed by atoms with Crippen molar-refractivity contribution in [2.75, 3.05) is 11.1 Å². The number of hydrogen-bond acceptors (Lipinski definition) is 5. The van der Waals surface area contributed by atoms with Gasteiger partial charge < -0.3 is 11.1 Å². The molecule has 0 saturated heterocycles. The lowest BCUT2D eigenvalue weighted by Crippen LogP contribution is -2.11. The van der Waals surface area contributed by atoms with Gasteiger partial charge >= 0.3 is 0 Å². The first-order chi connectivity index (χ1) is 7.99. The van der Waals surface area contributed by atoms with Crippen LogP contribution in [0.2, 0.25) is 0 Å². The number of aromatic nitrogens is 3. The molecule has 2 aromatic heterocycles. The topological polar surface area (TPSA) is 68.8 Å². The minimum atomic E-state index is 0.130. The Morgan fingerprint density at radius 2 is 2.18 bits per heavy atom. The number of nitrogen functional groups attached to an aromatic ring is 1. The molecule has 0 aliphatic heterocycles. The molecule has 5 nitrogen and oxygen atoms in total. The van der Waals surface area contributed by atoms with Gasteiger partial charge in [0.1, 0.15) is 10.8 Å². The molecule has 6 heteroatoms. The summed E-state index contributed by atoms with van der Waals surface area (Å²) in [5.41, 5.74) is 8.57. The third-order valence-electron chi connectivity index (χ3n) is 2.63. The number of hydrogen-bond donors (Lipinski definition) is 2. The van der Waals surface area contributed by atoms with Gasteiger partial charge in [-0.05, 0) is 20.8 Å². The summed E-state index contributed by atoms with van der Waals surface area (Å²) < 4.78 is 1.77. The molecular formula is C11H17N5S. The molecule has 2 aromatic rings. The van der Waals surface area contributed by atoms with Crippen LogP contribution in [-0.2, 0) is 7.05 Å². The average molecular weight is 251 g/mol. The predicted octanol–water partition coefficient (Wildman–Crippen LogP) is 2.25. The predicted molar refractivity (Wildman–Crippen MR) is 71.2 cm³/mol. The van der Waals surface area contributed by atoms with Crippen LogP contribution in [0.5, 0.6) is 0 Å². The number of nitrogens with zero attached hydrogens (tertiary/aromatic N) is 3. The van der Waals surface area contributed by atoms with Crippen LogP contribution >= 0.6 is 11.3 Å². The van der Waals surface area contributed by atoms with Crippen molar-refractivity contribution in [2.24, 2.45) is 7.05 Å². The summed E-state index contributed by atoms with van der Waals surface area (Å²) in [6.07, 6.45) is 0. The van der Waals surface area contributed by atoms with Crippen molar-refractivity contribution in [2.45, 2.75) is 26.8 Å². The maximum Gasteiger partial charge on any atom is 0.148 e. The molecule has 0 amide bonds. The van der Waals surface area contributed by atoms with Crippen LogP contribution < -0.4 is 11.1 Å². The highest BCUT2D eigenvalue weighted by atomic mass is 32.1. The first kappa shape index (κ1) is 11.9. The van der Waals surface area contributed by atoms with Gasteiger partial charge in [-0.25, -0.2) is 4.98 Å². The second-order valence-corrected chi connectivity index (χ2v) is 5.05. The Hall–Kier alpha value is -1.56. The molecule has 0 radical (unpaired) electrons. The summed E-state index contributed by atoms with van der Waals surface area (Å²) in [7, 11) is 1.88. The Morgan fingerprint density at radius 3 is 2.65 bits per heavy atom. The lowest BCUT2D eigenvalue weighted by atomic mass is 10.3. The minimum Gasteiger partial charge on any atom is -0.394 e. The number of anilines is 2. The van der Waals surface area contributed by atoms with Crippen molar-refractivity contribution >= 4 is 22.8 Å². The SMILES string of the molecule is Cc1csc(C(C)Nc2c(N)c(C)nn2C)n1. The third kappa shape index (κ3) is 2.26. The zero-order valence-electron chi connectivity index (χ0n) is 10.5. The van der Waals surface area contributed by atoms with Crippen molar-refractivity contribution in [3.63, 3.8) is 0 Å². The van der Waals surface area contributed by atoms with E-state index in [4.69, 9.17) is 5.73 Å². The van der Waals surface area contributed by atoms with Gasteiger partial charge in [0.2, 0.25) is 0 Å². The largest absolute Gasteiger partial charge is 0.394 e. The van der Waals surface area contributed by atoms with E-state index in [1.54, 1.807) is 16.0 Å². The van der Waals surface area contributed by atoms with Crippen LogP contribution in [-0.4, -0.2) is 14.8 Å². The van der Waals surface area contributed by atoms with Crippen molar-refractivity contribution in [1.29, 1.82) is 0 Å². The molecule has 0 aliphatic rings. The van der Waals surface area contributed by atoms with Crippen LogP contribution in [0, 0.1) is 13.8 Å². The van der Waals surface area contributed by atoms with Crippen LogP contribution in [0.1, 0.15) is 29.4 Å². The van der Waals surface area contributed by atoms with Gasteiger partial charge in [-0.3, -0.25) is 4.68 Å². The van der Waals surface area contributed by atoms with Crippen molar-refractivity contribution < 1.29 is 0 Å². The first-order valence-electron chi connectivity index (χ1n) is 5.46. The van der Waals surface area contributed by atoms with Crippen LogP contribution in [0.4, 0.5) is 11.5 Å². The summed E-state index contributed by atoms with van der Waals surface area (Å²) in [5.74, 6) is 0.850. The van der Waals surface area contributed by atoms with Gasteiger partial charge in [-0.2, -0.15) is 5.10 Å². The molecule has 17 heavy (non-hydrogen) atoms. The second kappa shape index (κ2) is 4.37. The van der Waals surface area contributed by atoms with E-state index in [1.807, 2.05) is 26.3 Å². The van der Waals surface area contributed by atoms with Crippen molar-refractivity contribution in [3.8, 4) is 0 Å². The maximum atomic E-state index is 5.97. The molecular weight excluding hydrogens is 234 g/mol. The summed E-state index contributed by atoms with van der Waals surface area (Å²) in [6.45, 7) is 5.97. The van der Waals surface area contributed by atoms with E-state index in [0.29, 0.717) is 5.69 Å². The van der Waals surface area contributed by atoms with Crippen molar-refractivity contribution in [3.05, 3.63) is 21.8 Å². The van der Waals surface area contributed by atoms with E-state index >= 15 is 0 Å². The zero-order valence-corrected chi connectivity index (χ0v) is 11.3. The van der Waals surface area contributed by atoms with Crippen molar-refractivity contribution in [1.82, 2.24) is 14.8 Å². The van der Waals surface area contributed by atoms with E-state index in [2.05, 4.69) is 22.3 Å². The Morgan fingerprint density at radius 1 is 1.47 bits per heavy atom. The summed E-state index contributed by atoms with van der Waals surface area (Å²) >= 11 is 1.65. The quantitative estimate of drug-likeness (QED) is 0.878. The molecule has 0 aromatic carbocycles. The average Bonchev–Trinajstić information content (AvgIpc) is 2.79. The molecule has 0 fully saturated rings. The molecule has 2 heterocycles. The Bertz CT molecular complexity index is 528. The molecule has 1 atom stereocenters. The number of rotatable bonds is 3. The van der Waals surface area contributed by atoms with E-state index in [9.17, 15) is 0 Å². The maximum absolute atomic E-state index is 5.97.